The van der Waals surface area contributed by atoms with Crippen molar-refractivity contribution in [1.82, 2.24) is 0 Å². The van der Waals surface area contributed by atoms with E-state index in [0.717, 1.165) is 5.71 Å². The average Bonchev–Trinajstić information content (AvgIpc) is 2.49. The topological polar surface area (TPSA) is 66.7 Å². The van der Waals surface area contributed by atoms with Crippen molar-refractivity contribution in [2.75, 3.05) is 0 Å². The zero-order valence-electron chi connectivity index (χ0n) is 6.93. The molecule has 2 aliphatic rings. The first-order valence-electron chi connectivity index (χ1n) is 4.20. The molecule has 0 amide bonds. The maximum atomic E-state index is 11.4. The Hall–Kier alpha value is -1.45. The van der Waals surface area contributed by atoms with E-state index in [1.54, 1.807) is 0 Å². The van der Waals surface area contributed by atoms with E-state index in [-0.39, 0.29) is 5.78 Å². The number of rotatable bonds is 1. The lowest BCUT2D eigenvalue weighted by Gasteiger charge is -2.14. The van der Waals surface area contributed by atoms with Gasteiger partial charge in [-0.3, -0.25) is 14.6 Å². The Kier molecular flexibility index (Phi) is 1.76. The van der Waals surface area contributed by atoms with Crippen LogP contribution in [0.15, 0.2) is 17.3 Å². The van der Waals surface area contributed by atoms with Crippen LogP contribution in [0.4, 0.5) is 0 Å². The van der Waals surface area contributed by atoms with Gasteiger partial charge in [-0.05, 0) is 12.8 Å². The Morgan fingerprint density at radius 2 is 2.38 bits per heavy atom. The molecule has 13 heavy (non-hydrogen) atoms. The van der Waals surface area contributed by atoms with Gasteiger partial charge in [-0.2, -0.15) is 0 Å². The Bertz CT molecular complexity index is 330. The number of aliphatic imine (C=N–C) groups is 1. The Labute approximate surface area is 75.0 Å². The molecule has 0 aromatic heterocycles. The Morgan fingerprint density at radius 1 is 1.62 bits per heavy atom. The number of fused-ring (bicyclic) bond motifs is 1. The summed E-state index contributed by atoms with van der Waals surface area (Å²) in [6.07, 6.45) is 3.98. The molecule has 0 bridgehead atoms. The standard InChI is InChI=1S/C9H9NO3/c11-7-3-4-10-6-2-1-5(8(6)7)9(12)13/h3-5,8H,1-2H2,(H,12,13)/t5-,8?/m1/s1. The largest absolute Gasteiger partial charge is 0.481 e. The molecule has 4 heteroatoms. The van der Waals surface area contributed by atoms with E-state index >= 15 is 0 Å². The SMILES string of the molecule is O=C1C=CN=C2CC[C@@H](C(=O)O)C12. The molecule has 2 rings (SSSR count). The van der Waals surface area contributed by atoms with Crippen LogP contribution in [0.1, 0.15) is 12.8 Å². The van der Waals surface area contributed by atoms with Crippen LogP contribution in [0.25, 0.3) is 0 Å². The summed E-state index contributed by atoms with van der Waals surface area (Å²) in [5.41, 5.74) is 0.736. The minimum Gasteiger partial charge on any atom is -0.481 e. The number of hydrogen-bond donors (Lipinski definition) is 1. The lowest BCUT2D eigenvalue weighted by atomic mass is 9.90. The van der Waals surface area contributed by atoms with E-state index in [2.05, 4.69) is 4.99 Å². The summed E-state index contributed by atoms with van der Waals surface area (Å²) >= 11 is 0. The van der Waals surface area contributed by atoms with Crippen LogP contribution >= 0.6 is 0 Å². The van der Waals surface area contributed by atoms with Crippen LogP contribution in [0, 0.1) is 11.8 Å². The van der Waals surface area contributed by atoms with Crippen LogP contribution < -0.4 is 0 Å². The Morgan fingerprint density at radius 3 is 3.08 bits per heavy atom. The van der Waals surface area contributed by atoms with Gasteiger partial charge in [0.05, 0.1) is 11.8 Å². The summed E-state index contributed by atoms with van der Waals surface area (Å²) in [5, 5.41) is 8.84. The van der Waals surface area contributed by atoms with Crippen molar-refractivity contribution in [3.8, 4) is 0 Å². The maximum absolute atomic E-state index is 11.4. The molecule has 1 N–H and O–H groups in total. The fraction of sp³-hybridized carbons (Fsp3) is 0.444. The zero-order chi connectivity index (χ0) is 9.42. The van der Waals surface area contributed by atoms with Gasteiger partial charge in [0.15, 0.2) is 5.78 Å². The van der Waals surface area contributed by atoms with E-state index in [1.807, 2.05) is 0 Å². The summed E-state index contributed by atoms with van der Waals surface area (Å²) in [6.45, 7) is 0. The second kappa shape index (κ2) is 2.80. The van der Waals surface area contributed by atoms with E-state index < -0.39 is 17.8 Å². The van der Waals surface area contributed by atoms with E-state index in [1.165, 1.54) is 12.3 Å². The van der Waals surface area contributed by atoms with E-state index in [4.69, 9.17) is 5.11 Å². The highest BCUT2D eigenvalue weighted by molar-refractivity contribution is 6.14. The van der Waals surface area contributed by atoms with Crippen LogP contribution in [0.5, 0.6) is 0 Å². The molecule has 0 spiro atoms. The summed E-state index contributed by atoms with van der Waals surface area (Å²) in [6, 6.07) is 0. The van der Waals surface area contributed by atoms with Gasteiger partial charge >= 0.3 is 5.97 Å². The quantitative estimate of drug-likeness (QED) is 0.642. The summed E-state index contributed by atoms with van der Waals surface area (Å²) in [7, 11) is 0. The van der Waals surface area contributed by atoms with Crippen molar-refractivity contribution in [2.45, 2.75) is 12.8 Å². The molecule has 1 heterocycles. The molecular formula is C9H9NO3. The number of carboxylic acids is 1. The number of ketones is 1. The van der Waals surface area contributed by atoms with Crippen molar-refractivity contribution in [3.05, 3.63) is 12.3 Å². The first kappa shape index (κ1) is 8.16. The molecule has 1 aliphatic heterocycles. The average molecular weight is 179 g/mol. The molecule has 1 unspecified atom stereocenters. The molecule has 68 valence electrons. The number of allylic oxidation sites excluding steroid dienone is 1. The highest BCUT2D eigenvalue weighted by Gasteiger charge is 2.42. The highest BCUT2D eigenvalue weighted by atomic mass is 16.4. The third-order valence-corrected chi connectivity index (χ3v) is 2.58. The number of carbonyl (C=O) groups is 2. The summed E-state index contributed by atoms with van der Waals surface area (Å²) in [5.74, 6) is -2.05. The fourth-order valence-electron chi connectivity index (χ4n) is 1.94. The molecule has 1 saturated carbocycles. The van der Waals surface area contributed by atoms with Crippen molar-refractivity contribution >= 4 is 17.5 Å². The van der Waals surface area contributed by atoms with Gasteiger partial charge in [-0.25, -0.2) is 0 Å². The van der Waals surface area contributed by atoms with Crippen LogP contribution in [-0.2, 0) is 9.59 Å². The monoisotopic (exact) mass is 179 g/mol. The molecule has 2 atom stereocenters. The number of carbonyl (C=O) groups excluding carboxylic acids is 1. The van der Waals surface area contributed by atoms with Gasteiger partial charge in [-0.1, -0.05) is 0 Å². The second-order valence-corrected chi connectivity index (χ2v) is 3.30. The maximum Gasteiger partial charge on any atom is 0.307 e. The van der Waals surface area contributed by atoms with Gasteiger partial charge in [0.25, 0.3) is 0 Å². The van der Waals surface area contributed by atoms with Crippen LogP contribution in [0.2, 0.25) is 0 Å². The normalized spacial score (nSPS) is 31.4. The molecule has 4 nitrogen and oxygen atoms in total. The number of carboxylic acid groups (broad SMARTS) is 1. The molecule has 1 aliphatic carbocycles. The third-order valence-electron chi connectivity index (χ3n) is 2.58. The van der Waals surface area contributed by atoms with Gasteiger partial charge in [0, 0.05) is 18.0 Å². The van der Waals surface area contributed by atoms with Crippen molar-refractivity contribution in [2.24, 2.45) is 16.8 Å². The molecule has 0 aromatic rings. The van der Waals surface area contributed by atoms with Gasteiger partial charge < -0.3 is 5.11 Å². The second-order valence-electron chi connectivity index (χ2n) is 3.30. The minimum absolute atomic E-state index is 0.116. The predicted octanol–water partition coefficient (Wildman–Crippen LogP) is 0.635. The summed E-state index contributed by atoms with van der Waals surface area (Å²) in [4.78, 5) is 26.2. The van der Waals surface area contributed by atoms with Crippen molar-refractivity contribution in [3.63, 3.8) is 0 Å². The Balaban J connectivity index is 2.32. The van der Waals surface area contributed by atoms with Crippen molar-refractivity contribution in [1.29, 1.82) is 0 Å². The van der Waals surface area contributed by atoms with Crippen molar-refractivity contribution < 1.29 is 14.7 Å². The molecule has 1 fully saturated rings. The predicted molar refractivity (Wildman–Crippen MR) is 45.4 cm³/mol. The number of nitrogens with zero attached hydrogens (tertiary/aromatic N) is 1. The van der Waals surface area contributed by atoms with Gasteiger partial charge in [0.2, 0.25) is 0 Å². The molecule has 0 aromatic carbocycles. The lowest BCUT2D eigenvalue weighted by Crippen LogP contribution is -2.29. The van der Waals surface area contributed by atoms with Gasteiger partial charge in [-0.15, -0.1) is 0 Å². The van der Waals surface area contributed by atoms with Crippen LogP contribution in [-0.4, -0.2) is 22.6 Å². The first-order chi connectivity index (χ1) is 6.20. The zero-order valence-corrected chi connectivity index (χ0v) is 6.93. The molecular weight excluding hydrogens is 170 g/mol. The van der Waals surface area contributed by atoms with Gasteiger partial charge in [0.1, 0.15) is 0 Å². The fourth-order valence-corrected chi connectivity index (χ4v) is 1.94. The molecule has 0 radical (unpaired) electrons. The smallest absolute Gasteiger partial charge is 0.307 e. The lowest BCUT2D eigenvalue weighted by molar-refractivity contribution is -0.144. The number of aliphatic carboxylic acids is 1. The molecule has 0 saturated heterocycles. The first-order valence-corrected chi connectivity index (χ1v) is 4.20. The number of hydrogen-bond acceptors (Lipinski definition) is 3. The minimum atomic E-state index is -0.890. The third kappa shape index (κ3) is 1.18. The van der Waals surface area contributed by atoms with E-state index in [9.17, 15) is 9.59 Å². The summed E-state index contributed by atoms with van der Waals surface area (Å²) < 4.78 is 0. The highest BCUT2D eigenvalue weighted by Crippen LogP contribution is 2.32. The van der Waals surface area contributed by atoms with E-state index in [0.29, 0.717) is 12.8 Å². The van der Waals surface area contributed by atoms with Crippen LogP contribution in [0.3, 0.4) is 0 Å².